The lowest BCUT2D eigenvalue weighted by Crippen LogP contribution is -2.19. The van der Waals surface area contributed by atoms with Crippen LogP contribution < -0.4 is 5.73 Å². The maximum absolute atomic E-state index is 13.2. The fourth-order valence-corrected chi connectivity index (χ4v) is 1.26. The van der Waals surface area contributed by atoms with Crippen molar-refractivity contribution in [1.29, 1.82) is 0 Å². The van der Waals surface area contributed by atoms with Crippen LogP contribution in [0, 0.1) is 5.82 Å². The van der Waals surface area contributed by atoms with E-state index in [9.17, 15) is 9.18 Å². The topological polar surface area (TPSA) is 64.7 Å². The summed E-state index contributed by atoms with van der Waals surface area (Å²) in [6.45, 7) is 0. The normalized spacial score (nSPS) is 20.5. The van der Waals surface area contributed by atoms with Gasteiger partial charge >= 0.3 is 6.09 Å². The predicted octanol–water partition coefficient (Wildman–Crippen LogP) is 1.37. The highest BCUT2D eigenvalue weighted by Crippen LogP contribution is 2.24. The zero-order valence-corrected chi connectivity index (χ0v) is 7.11. The van der Waals surface area contributed by atoms with Gasteiger partial charge in [0, 0.05) is 5.56 Å². The molecule has 0 spiro atoms. The van der Waals surface area contributed by atoms with Gasteiger partial charge in [-0.2, -0.15) is 4.99 Å². The molecule has 1 aromatic rings. The second-order valence-corrected chi connectivity index (χ2v) is 2.82. The van der Waals surface area contributed by atoms with Gasteiger partial charge < -0.3 is 10.5 Å². The van der Waals surface area contributed by atoms with Crippen molar-refractivity contribution in [1.82, 2.24) is 0 Å². The van der Waals surface area contributed by atoms with E-state index < -0.39 is 18.0 Å². The number of nitrogens with two attached hydrogens (primary N) is 1. The van der Waals surface area contributed by atoms with Crippen LogP contribution in [0.5, 0.6) is 0 Å². The zero-order chi connectivity index (χ0) is 10.1. The molecule has 0 aromatic heterocycles. The summed E-state index contributed by atoms with van der Waals surface area (Å²) in [5, 5.41) is 0. The van der Waals surface area contributed by atoms with Gasteiger partial charge in [0.05, 0.1) is 0 Å². The Morgan fingerprint density at radius 1 is 1.43 bits per heavy atom. The number of hydrogen-bond donors (Lipinski definition) is 1. The van der Waals surface area contributed by atoms with Crippen LogP contribution in [-0.2, 0) is 4.74 Å². The summed E-state index contributed by atoms with van der Waals surface area (Å²) in [5.41, 5.74) is 5.63. The number of rotatable bonds is 1. The van der Waals surface area contributed by atoms with Crippen LogP contribution in [0.4, 0.5) is 9.18 Å². The van der Waals surface area contributed by atoms with Gasteiger partial charge in [0.1, 0.15) is 5.82 Å². The van der Waals surface area contributed by atoms with Crippen LogP contribution in [0.15, 0.2) is 29.3 Å². The summed E-state index contributed by atoms with van der Waals surface area (Å²) in [7, 11) is 0. The van der Waals surface area contributed by atoms with Crippen molar-refractivity contribution in [3.63, 3.8) is 0 Å². The molecule has 14 heavy (non-hydrogen) atoms. The average Bonchev–Trinajstić information content (AvgIpc) is 2.46. The molecule has 1 aliphatic heterocycles. The van der Waals surface area contributed by atoms with Gasteiger partial charge in [0.15, 0.2) is 11.9 Å². The third-order valence-corrected chi connectivity index (χ3v) is 1.90. The number of nitrogens with zero attached hydrogens (tertiary/aromatic N) is 1. The second-order valence-electron chi connectivity index (χ2n) is 2.82. The third kappa shape index (κ3) is 1.32. The number of amides is 1. The number of aliphatic imine (C=N–C) groups is 1. The van der Waals surface area contributed by atoms with E-state index in [4.69, 9.17) is 10.5 Å². The maximum atomic E-state index is 13.2. The second kappa shape index (κ2) is 3.10. The van der Waals surface area contributed by atoms with Gasteiger partial charge in [0.2, 0.25) is 0 Å². The molecule has 1 aliphatic rings. The molecule has 0 fully saturated rings. The molecule has 1 amide bonds. The first-order valence-electron chi connectivity index (χ1n) is 3.97. The minimum Gasteiger partial charge on any atom is -0.431 e. The quantitative estimate of drug-likeness (QED) is 0.734. The van der Waals surface area contributed by atoms with E-state index in [-0.39, 0.29) is 11.4 Å². The Morgan fingerprint density at radius 3 is 2.71 bits per heavy atom. The number of halogens is 1. The molecule has 1 unspecified atom stereocenters. The molecular weight excluding hydrogens is 187 g/mol. The Morgan fingerprint density at radius 2 is 2.14 bits per heavy atom. The Balaban J connectivity index is 2.38. The Bertz CT molecular complexity index is 417. The average molecular weight is 194 g/mol. The van der Waals surface area contributed by atoms with Gasteiger partial charge in [-0.3, -0.25) is 0 Å². The highest BCUT2D eigenvalue weighted by atomic mass is 19.1. The van der Waals surface area contributed by atoms with Crippen molar-refractivity contribution in [2.24, 2.45) is 10.7 Å². The van der Waals surface area contributed by atoms with E-state index in [0.717, 1.165) is 0 Å². The van der Waals surface area contributed by atoms with Gasteiger partial charge in [-0.15, -0.1) is 0 Å². The molecule has 0 bridgehead atoms. The van der Waals surface area contributed by atoms with E-state index in [1.54, 1.807) is 12.1 Å². The van der Waals surface area contributed by atoms with Crippen molar-refractivity contribution in [2.75, 3.05) is 0 Å². The van der Waals surface area contributed by atoms with Crippen molar-refractivity contribution in [3.05, 3.63) is 35.6 Å². The summed E-state index contributed by atoms with van der Waals surface area (Å²) in [6, 6.07) is 5.95. The molecule has 1 heterocycles. The Kier molecular flexibility index (Phi) is 1.92. The lowest BCUT2D eigenvalue weighted by atomic mass is 10.1. The first kappa shape index (κ1) is 8.68. The van der Waals surface area contributed by atoms with Crippen LogP contribution in [0.3, 0.4) is 0 Å². The van der Waals surface area contributed by atoms with Gasteiger partial charge in [-0.1, -0.05) is 18.2 Å². The van der Waals surface area contributed by atoms with Crippen LogP contribution in [-0.4, -0.2) is 11.9 Å². The summed E-state index contributed by atoms with van der Waals surface area (Å²) in [5.74, 6) is -0.481. The van der Waals surface area contributed by atoms with E-state index in [0.29, 0.717) is 0 Å². The lowest BCUT2D eigenvalue weighted by Gasteiger charge is -2.09. The molecule has 0 aliphatic carbocycles. The molecule has 4 nitrogen and oxygen atoms in total. The zero-order valence-electron chi connectivity index (χ0n) is 7.11. The number of carbonyl (C=O) groups excluding carboxylic acids is 1. The number of hydrogen-bond acceptors (Lipinski definition) is 3. The fraction of sp³-hybridized carbons (Fsp3) is 0.111. The molecule has 2 N–H and O–H groups in total. The molecule has 2 rings (SSSR count). The van der Waals surface area contributed by atoms with Crippen LogP contribution in [0.1, 0.15) is 11.7 Å². The molecule has 0 radical (unpaired) electrons. The molecule has 0 saturated carbocycles. The minimum atomic E-state index is -0.885. The summed E-state index contributed by atoms with van der Waals surface area (Å²) in [6.07, 6.45) is -1.67. The molecule has 0 saturated heterocycles. The SMILES string of the molecule is NC1=NC(=O)OC1c1ccccc1F. The van der Waals surface area contributed by atoms with Crippen molar-refractivity contribution in [3.8, 4) is 0 Å². The first-order chi connectivity index (χ1) is 6.68. The van der Waals surface area contributed by atoms with Crippen molar-refractivity contribution in [2.45, 2.75) is 6.10 Å². The Hall–Kier alpha value is -1.91. The molecular formula is C9H7FN2O2. The number of carbonyl (C=O) groups is 1. The van der Waals surface area contributed by atoms with E-state index in [1.165, 1.54) is 12.1 Å². The standard InChI is InChI=1S/C9H7FN2O2/c10-6-4-2-1-3-5(6)7-8(11)12-9(13)14-7/h1-4,7H,(H2,11,12,13). The number of cyclic esters (lactones) is 1. The minimum absolute atomic E-state index is 0.0138. The molecule has 1 atom stereocenters. The monoisotopic (exact) mass is 194 g/mol. The maximum Gasteiger partial charge on any atom is 0.436 e. The van der Waals surface area contributed by atoms with E-state index in [1.807, 2.05) is 0 Å². The fourth-order valence-electron chi connectivity index (χ4n) is 1.26. The van der Waals surface area contributed by atoms with Gasteiger partial charge in [-0.25, -0.2) is 9.18 Å². The predicted molar refractivity (Wildman–Crippen MR) is 47.2 cm³/mol. The first-order valence-corrected chi connectivity index (χ1v) is 3.97. The number of ether oxygens (including phenoxy) is 1. The van der Waals surface area contributed by atoms with Gasteiger partial charge in [0.25, 0.3) is 0 Å². The molecule has 72 valence electrons. The lowest BCUT2D eigenvalue weighted by molar-refractivity contribution is 0.147. The molecule has 5 heteroatoms. The van der Waals surface area contributed by atoms with Crippen molar-refractivity contribution >= 4 is 11.9 Å². The number of benzene rings is 1. The van der Waals surface area contributed by atoms with E-state index in [2.05, 4.69) is 4.99 Å². The van der Waals surface area contributed by atoms with Crippen LogP contribution >= 0.6 is 0 Å². The number of amidine groups is 1. The summed E-state index contributed by atoms with van der Waals surface area (Å²) in [4.78, 5) is 14.1. The highest BCUT2D eigenvalue weighted by molar-refractivity contribution is 5.99. The van der Waals surface area contributed by atoms with Crippen LogP contribution in [0.25, 0.3) is 0 Å². The smallest absolute Gasteiger partial charge is 0.431 e. The third-order valence-electron chi connectivity index (χ3n) is 1.90. The van der Waals surface area contributed by atoms with Gasteiger partial charge in [-0.05, 0) is 6.07 Å². The summed E-state index contributed by atoms with van der Waals surface area (Å²) >= 11 is 0. The largest absolute Gasteiger partial charge is 0.436 e. The van der Waals surface area contributed by atoms with Crippen molar-refractivity contribution < 1.29 is 13.9 Å². The Labute approximate surface area is 79.2 Å². The summed E-state index contributed by atoms with van der Waals surface area (Å²) < 4.78 is 18.0. The van der Waals surface area contributed by atoms with E-state index >= 15 is 0 Å². The van der Waals surface area contributed by atoms with Crippen LogP contribution in [0.2, 0.25) is 0 Å². The highest BCUT2D eigenvalue weighted by Gasteiger charge is 2.29. The molecule has 1 aromatic carbocycles.